The van der Waals surface area contributed by atoms with Crippen LogP contribution < -0.4 is 0 Å². The molecule has 0 saturated carbocycles. The van der Waals surface area contributed by atoms with E-state index in [1.807, 2.05) is 30.9 Å². The fraction of sp³-hybridized carbons (Fsp3) is 0.545. The quantitative estimate of drug-likeness (QED) is 0.565. The molecule has 1 unspecified atom stereocenters. The molecule has 0 saturated heterocycles. The Morgan fingerprint density at radius 2 is 2.27 bits per heavy atom. The molecule has 0 radical (unpaired) electrons. The van der Waals surface area contributed by atoms with Crippen molar-refractivity contribution in [2.45, 2.75) is 32.4 Å². The van der Waals surface area contributed by atoms with Crippen molar-refractivity contribution in [3.8, 4) is 0 Å². The molecule has 0 bridgehead atoms. The van der Waals surface area contributed by atoms with Gasteiger partial charge in [0.1, 0.15) is 0 Å². The number of halogens is 1. The highest BCUT2D eigenvalue weighted by molar-refractivity contribution is 7.16. The van der Waals surface area contributed by atoms with E-state index in [4.69, 9.17) is 15.5 Å². The van der Waals surface area contributed by atoms with Crippen molar-refractivity contribution < 1.29 is 4.43 Å². The summed E-state index contributed by atoms with van der Waals surface area (Å²) in [5.74, 6) is 0. The van der Waals surface area contributed by atoms with Crippen LogP contribution in [0.5, 0.6) is 0 Å². The molecule has 84 valence electrons. The van der Waals surface area contributed by atoms with Crippen molar-refractivity contribution in [2.24, 2.45) is 0 Å². The molecule has 1 aromatic rings. The minimum Gasteiger partial charge on any atom is -0.403 e. The maximum absolute atomic E-state index is 6.35. The first-order valence-corrected chi connectivity index (χ1v) is 8.99. The van der Waals surface area contributed by atoms with Gasteiger partial charge in [-0.25, -0.2) is 0 Å². The summed E-state index contributed by atoms with van der Waals surface area (Å²) in [7, 11) is -1.97. The third-order valence-electron chi connectivity index (χ3n) is 2.16. The number of pyridine rings is 1. The largest absolute Gasteiger partial charge is 0.403 e. The van der Waals surface area contributed by atoms with Gasteiger partial charge in [0, 0.05) is 18.5 Å². The van der Waals surface area contributed by atoms with E-state index in [9.17, 15) is 0 Å². The molecule has 0 aliphatic heterocycles. The average Bonchev–Trinajstić information content (AvgIpc) is 2.25. The Bertz CT molecular complexity index is 279. The first kappa shape index (κ1) is 12.7. The van der Waals surface area contributed by atoms with Gasteiger partial charge in [-0.2, -0.15) is 0 Å². The SMILES string of the molecule is CCCO[Si](C)(Cl)CCc1ccccn1. The molecule has 1 heterocycles. The summed E-state index contributed by atoms with van der Waals surface area (Å²) in [6.45, 7) is 4.92. The van der Waals surface area contributed by atoms with Crippen LogP contribution in [0.25, 0.3) is 0 Å². The minimum absolute atomic E-state index is 0.772. The van der Waals surface area contributed by atoms with Crippen molar-refractivity contribution >= 4 is 18.7 Å². The second-order valence-corrected chi connectivity index (χ2v) is 9.16. The highest BCUT2D eigenvalue weighted by atomic mass is 35.6. The van der Waals surface area contributed by atoms with Gasteiger partial charge in [0.05, 0.1) is 0 Å². The predicted octanol–water partition coefficient (Wildman–Crippen LogP) is 3.36. The van der Waals surface area contributed by atoms with E-state index in [1.165, 1.54) is 0 Å². The Morgan fingerprint density at radius 3 is 2.87 bits per heavy atom. The highest BCUT2D eigenvalue weighted by Gasteiger charge is 2.25. The molecule has 0 aromatic carbocycles. The zero-order valence-electron chi connectivity index (χ0n) is 9.37. The minimum atomic E-state index is -1.97. The van der Waals surface area contributed by atoms with E-state index in [0.717, 1.165) is 31.2 Å². The van der Waals surface area contributed by atoms with Gasteiger partial charge >= 0.3 is 0 Å². The number of nitrogens with zero attached hydrogens (tertiary/aromatic N) is 1. The van der Waals surface area contributed by atoms with Gasteiger partial charge < -0.3 is 4.43 Å². The number of hydrogen-bond donors (Lipinski definition) is 0. The smallest absolute Gasteiger partial charge is 0.287 e. The summed E-state index contributed by atoms with van der Waals surface area (Å²) in [4.78, 5) is 4.27. The summed E-state index contributed by atoms with van der Waals surface area (Å²) in [6.07, 6.45) is 3.75. The molecule has 1 rings (SSSR count). The van der Waals surface area contributed by atoms with Crippen molar-refractivity contribution in [1.82, 2.24) is 4.98 Å². The molecule has 0 aliphatic rings. The Hall–Kier alpha value is -0.383. The van der Waals surface area contributed by atoms with Crippen molar-refractivity contribution in [3.05, 3.63) is 30.1 Å². The number of aromatic nitrogens is 1. The third kappa shape index (κ3) is 5.30. The lowest BCUT2D eigenvalue weighted by atomic mass is 10.3. The average molecular weight is 244 g/mol. The van der Waals surface area contributed by atoms with Crippen LogP contribution in [0.15, 0.2) is 24.4 Å². The first-order chi connectivity index (χ1) is 7.14. The molecular formula is C11H18ClNOSi. The summed E-state index contributed by atoms with van der Waals surface area (Å²) in [5.41, 5.74) is 1.09. The van der Waals surface area contributed by atoms with Crippen LogP contribution in [0.4, 0.5) is 0 Å². The lowest BCUT2D eigenvalue weighted by Crippen LogP contribution is -2.28. The van der Waals surface area contributed by atoms with Crippen LogP contribution in [0.1, 0.15) is 19.0 Å². The molecule has 1 aromatic heterocycles. The van der Waals surface area contributed by atoms with E-state index in [-0.39, 0.29) is 0 Å². The second-order valence-electron chi connectivity index (χ2n) is 3.77. The topological polar surface area (TPSA) is 22.1 Å². The number of hydrogen-bond acceptors (Lipinski definition) is 2. The molecule has 4 heteroatoms. The van der Waals surface area contributed by atoms with Crippen molar-refractivity contribution in [2.75, 3.05) is 6.61 Å². The Balaban J connectivity index is 2.35. The summed E-state index contributed by atoms with van der Waals surface area (Å²) >= 11 is 6.35. The van der Waals surface area contributed by atoms with E-state index in [0.29, 0.717) is 0 Å². The summed E-state index contributed by atoms with van der Waals surface area (Å²) in [6, 6.07) is 6.88. The van der Waals surface area contributed by atoms with Gasteiger partial charge in [0.15, 0.2) is 0 Å². The van der Waals surface area contributed by atoms with Crippen LogP contribution in [-0.2, 0) is 10.8 Å². The monoisotopic (exact) mass is 243 g/mol. The fourth-order valence-electron chi connectivity index (χ4n) is 1.28. The van der Waals surface area contributed by atoms with Gasteiger partial charge in [0.2, 0.25) is 0 Å². The molecule has 1 atom stereocenters. The molecule has 0 N–H and O–H groups in total. The maximum atomic E-state index is 6.35. The van der Waals surface area contributed by atoms with Crippen molar-refractivity contribution in [1.29, 1.82) is 0 Å². The molecule has 0 aliphatic carbocycles. The molecule has 2 nitrogen and oxygen atoms in total. The van der Waals surface area contributed by atoms with E-state index in [1.54, 1.807) is 0 Å². The van der Waals surface area contributed by atoms with Crippen LogP contribution in [0.3, 0.4) is 0 Å². The molecule has 15 heavy (non-hydrogen) atoms. The normalized spacial score (nSPS) is 14.9. The maximum Gasteiger partial charge on any atom is 0.287 e. The third-order valence-corrected chi connectivity index (χ3v) is 5.00. The Kier molecular flexibility index (Phi) is 5.29. The number of rotatable bonds is 6. The summed E-state index contributed by atoms with van der Waals surface area (Å²) < 4.78 is 5.68. The van der Waals surface area contributed by atoms with E-state index in [2.05, 4.69) is 11.9 Å². The van der Waals surface area contributed by atoms with Crippen LogP contribution >= 0.6 is 11.1 Å². The lowest BCUT2D eigenvalue weighted by Gasteiger charge is -2.19. The number of aryl methyl sites for hydroxylation is 1. The zero-order valence-corrected chi connectivity index (χ0v) is 11.1. The van der Waals surface area contributed by atoms with Crippen molar-refractivity contribution in [3.63, 3.8) is 0 Å². The first-order valence-electron chi connectivity index (χ1n) is 5.37. The second kappa shape index (κ2) is 6.25. The molecule has 0 fully saturated rings. The lowest BCUT2D eigenvalue weighted by molar-refractivity contribution is 0.315. The Morgan fingerprint density at radius 1 is 1.47 bits per heavy atom. The van der Waals surface area contributed by atoms with E-state index >= 15 is 0 Å². The molecule has 0 spiro atoms. The van der Waals surface area contributed by atoms with Gasteiger partial charge in [-0.1, -0.05) is 13.0 Å². The van der Waals surface area contributed by atoms with E-state index < -0.39 is 7.63 Å². The van der Waals surface area contributed by atoms with Gasteiger partial charge in [0.25, 0.3) is 7.63 Å². The van der Waals surface area contributed by atoms with Crippen LogP contribution in [-0.4, -0.2) is 19.2 Å². The molecule has 0 amide bonds. The van der Waals surface area contributed by atoms with Gasteiger partial charge in [-0.15, -0.1) is 11.1 Å². The summed E-state index contributed by atoms with van der Waals surface area (Å²) in [5, 5.41) is 0. The molecular weight excluding hydrogens is 226 g/mol. The zero-order chi connectivity index (χ0) is 11.1. The fourth-order valence-corrected chi connectivity index (χ4v) is 3.28. The van der Waals surface area contributed by atoms with Crippen LogP contribution in [0.2, 0.25) is 12.6 Å². The van der Waals surface area contributed by atoms with Gasteiger partial charge in [-0.05, 0) is 37.6 Å². The van der Waals surface area contributed by atoms with Crippen LogP contribution in [0, 0.1) is 0 Å². The van der Waals surface area contributed by atoms with Gasteiger partial charge in [-0.3, -0.25) is 4.98 Å². The predicted molar refractivity (Wildman–Crippen MR) is 66.5 cm³/mol. The Labute approximate surface area is 97.5 Å². The standard InChI is InChI=1S/C11H18ClNOSi/c1-3-9-14-15(2,12)10-7-11-6-4-5-8-13-11/h4-6,8H,3,7,9-10H2,1-2H3. The highest BCUT2D eigenvalue weighted by Crippen LogP contribution is 2.19.